The lowest BCUT2D eigenvalue weighted by atomic mass is 9.94. The second-order valence-corrected chi connectivity index (χ2v) is 7.98. The van der Waals surface area contributed by atoms with Crippen LogP contribution in [0, 0.1) is 6.92 Å². The number of aliphatic carboxylic acids is 1. The first kappa shape index (κ1) is 19.4. The Morgan fingerprint density at radius 2 is 1.79 bits per heavy atom. The lowest BCUT2D eigenvalue weighted by molar-refractivity contribution is -0.151. The van der Waals surface area contributed by atoms with Crippen LogP contribution >= 0.6 is 0 Å². The number of aryl methyl sites for hydroxylation is 1. The van der Waals surface area contributed by atoms with Crippen molar-refractivity contribution < 1.29 is 19.1 Å². The first-order valence-corrected chi connectivity index (χ1v) is 10.1. The zero-order valence-electron chi connectivity index (χ0n) is 16.5. The second kappa shape index (κ2) is 7.50. The molecule has 2 aliphatic rings. The van der Waals surface area contributed by atoms with Crippen LogP contribution in [0.25, 0.3) is 0 Å². The van der Waals surface area contributed by atoms with Gasteiger partial charge in [0.05, 0.1) is 0 Å². The van der Waals surface area contributed by atoms with Gasteiger partial charge in [0, 0.05) is 49.4 Å². The third-order valence-corrected chi connectivity index (χ3v) is 6.02. The van der Waals surface area contributed by atoms with Gasteiger partial charge >= 0.3 is 5.97 Å². The quantitative estimate of drug-likeness (QED) is 0.853. The molecule has 2 aromatic rings. The van der Waals surface area contributed by atoms with E-state index in [-0.39, 0.29) is 25.3 Å². The Morgan fingerprint density at radius 3 is 2.48 bits per heavy atom. The number of carboxylic acids is 1. The lowest BCUT2D eigenvalue weighted by Gasteiger charge is -2.25. The molecule has 2 heterocycles. The Morgan fingerprint density at radius 1 is 1.07 bits per heavy atom. The normalized spacial score (nSPS) is 21.6. The number of anilines is 2. The zero-order valence-corrected chi connectivity index (χ0v) is 16.5. The zero-order chi connectivity index (χ0) is 20.6. The first-order valence-electron chi connectivity index (χ1n) is 10.1. The summed E-state index contributed by atoms with van der Waals surface area (Å²) in [7, 11) is 0. The van der Waals surface area contributed by atoms with E-state index in [1.807, 2.05) is 25.1 Å². The van der Waals surface area contributed by atoms with Crippen LogP contribution in [-0.2, 0) is 11.2 Å². The standard InChI is InChI=1S/C23H25FN2O3/c1-16-14-18(25-11-4-5-12-25)8-9-19(16)21(27)26-13-10-23(24,22(28)29)15-17-6-2-3-7-20(17)26/h2-3,6-9,14H,4-5,10-13,15H2,1H3,(H,28,29). The topological polar surface area (TPSA) is 60.9 Å². The second-order valence-electron chi connectivity index (χ2n) is 7.98. The highest BCUT2D eigenvalue weighted by Gasteiger charge is 2.43. The molecule has 0 bridgehead atoms. The van der Waals surface area contributed by atoms with Crippen LogP contribution in [0.4, 0.5) is 15.8 Å². The minimum absolute atomic E-state index is 0.0198. The van der Waals surface area contributed by atoms with E-state index in [4.69, 9.17) is 0 Å². The van der Waals surface area contributed by atoms with Crippen molar-refractivity contribution in [1.29, 1.82) is 0 Å². The highest BCUT2D eigenvalue weighted by Crippen LogP contribution is 2.35. The molecule has 1 saturated heterocycles. The molecule has 4 rings (SSSR count). The van der Waals surface area contributed by atoms with Gasteiger partial charge in [0.1, 0.15) is 0 Å². The van der Waals surface area contributed by atoms with Crippen LogP contribution in [0.1, 0.15) is 40.7 Å². The van der Waals surface area contributed by atoms with Crippen molar-refractivity contribution in [1.82, 2.24) is 0 Å². The smallest absolute Gasteiger partial charge is 0.341 e. The molecule has 5 nitrogen and oxygen atoms in total. The molecule has 0 spiro atoms. The molecule has 0 aliphatic carbocycles. The lowest BCUT2D eigenvalue weighted by Crippen LogP contribution is -2.39. The van der Waals surface area contributed by atoms with Gasteiger partial charge in [-0.05, 0) is 55.2 Å². The summed E-state index contributed by atoms with van der Waals surface area (Å²) in [6, 6.07) is 12.8. The molecule has 0 aromatic heterocycles. The summed E-state index contributed by atoms with van der Waals surface area (Å²) in [6.07, 6.45) is 1.88. The number of benzene rings is 2. The maximum Gasteiger partial charge on any atom is 0.341 e. The summed E-state index contributed by atoms with van der Waals surface area (Å²) in [5.41, 5.74) is 1.28. The van der Waals surface area contributed by atoms with Gasteiger partial charge in [-0.15, -0.1) is 0 Å². The number of carboxylic acid groups (broad SMARTS) is 1. The van der Waals surface area contributed by atoms with Crippen molar-refractivity contribution in [3.8, 4) is 0 Å². The number of amides is 1. The number of carbonyl (C=O) groups is 2. The molecule has 0 radical (unpaired) electrons. The molecule has 0 saturated carbocycles. The Labute approximate surface area is 169 Å². The highest BCUT2D eigenvalue weighted by atomic mass is 19.1. The molecule has 1 atom stereocenters. The fourth-order valence-corrected chi connectivity index (χ4v) is 4.32. The number of alkyl halides is 1. The van der Waals surface area contributed by atoms with Crippen LogP contribution in [0.3, 0.4) is 0 Å². The molecule has 1 unspecified atom stereocenters. The van der Waals surface area contributed by atoms with Crippen molar-refractivity contribution in [3.63, 3.8) is 0 Å². The van der Waals surface area contributed by atoms with E-state index < -0.39 is 11.6 Å². The Balaban J connectivity index is 1.67. The van der Waals surface area contributed by atoms with Gasteiger partial charge in [-0.2, -0.15) is 0 Å². The molecular weight excluding hydrogens is 371 g/mol. The summed E-state index contributed by atoms with van der Waals surface area (Å²) in [5.74, 6) is -1.70. The molecule has 1 N–H and O–H groups in total. The first-order chi connectivity index (χ1) is 13.9. The molecule has 29 heavy (non-hydrogen) atoms. The van der Waals surface area contributed by atoms with Gasteiger partial charge < -0.3 is 14.9 Å². The summed E-state index contributed by atoms with van der Waals surface area (Å²) in [5, 5.41) is 9.39. The Bertz CT molecular complexity index is 955. The third-order valence-electron chi connectivity index (χ3n) is 6.02. The summed E-state index contributed by atoms with van der Waals surface area (Å²) < 4.78 is 15.0. The monoisotopic (exact) mass is 396 g/mol. The van der Waals surface area contributed by atoms with Gasteiger partial charge in [-0.25, -0.2) is 9.18 Å². The van der Waals surface area contributed by atoms with Crippen LogP contribution in [0.2, 0.25) is 0 Å². The van der Waals surface area contributed by atoms with Gasteiger partial charge in [-0.3, -0.25) is 4.79 Å². The van der Waals surface area contributed by atoms with Crippen LogP contribution < -0.4 is 9.80 Å². The highest BCUT2D eigenvalue weighted by molar-refractivity contribution is 6.08. The molecule has 2 aromatic carbocycles. The largest absolute Gasteiger partial charge is 0.479 e. The molecule has 6 heteroatoms. The van der Waals surface area contributed by atoms with Crippen LogP contribution in [0.5, 0.6) is 0 Å². The number of halogens is 1. The number of carbonyl (C=O) groups excluding carboxylic acids is 1. The maximum absolute atomic E-state index is 15.0. The fourth-order valence-electron chi connectivity index (χ4n) is 4.32. The summed E-state index contributed by atoms with van der Waals surface area (Å²) in [4.78, 5) is 28.7. The van der Waals surface area contributed by atoms with Crippen LogP contribution in [-0.4, -0.2) is 42.3 Å². The number of nitrogens with zero attached hydrogens (tertiary/aromatic N) is 2. The fraction of sp³-hybridized carbons (Fsp3) is 0.391. The van der Waals surface area contributed by atoms with E-state index in [1.165, 1.54) is 17.7 Å². The van der Waals surface area contributed by atoms with Crippen molar-refractivity contribution in [3.05, 3.63) is 59.2 Å². The Kier molecular flexibility index (Phi) is 5.03. The van der Waals surface area contributed by atoms with Crippen LogP contribution in [0.15, 0.2) is 42.5 Å². The average molecular weight is 396 g/mol. The molecule has 2 aliphatic heterocycles. The Hall–Kier alpha value is -2.89. The average Bonchev–Trinajstić information content (AvgIpc) is 3.18. The third kappa shape index (κ3) is 3.59. The van der Waals surface area contributed by atoms with Gasteiger partial charge in [0.2, 0.25) is 5.67 Å². The summed E-state index contributed by atoms with van der Waals surface area (Å²) in [6.45, 7) is 3.99. The van der Waals surface area contributed by atoms with E-state index in [9.17, 15) is 14.7 Å². The van der Waals surface area contributed by atoms with Gasteiger partial charge in [-0.1, -0.05) is 18.2 Å². The SMILES string of the molecule is Cc1cc(N2CCCC2)ccc1C(=O)N1CCC(F)(C(=O)O)Cc2ccccc21. The molecule has 1 amide bonds. The van der Waals surface area contributed by atoms with E-state index in [2.05, 4.69) is 4.90 Å². The van der Waals surface area contributed by atoms with Gasteiger partial charge in [0.15, 0.2) is 0 Å². The van der Waals surface area contributed by atoms with Crippen molar-refractivity contribution in [2.75, 3.05) is 29.4 Å². The molecular formula is C23H25FN2O3. The number of hydrogen-bond donors (Lipinski definition) is 1. The number of rotatable bonds is 3. The van der Waals surface area contributed by atoms with E-state index in [0.29, 0.717) is 16.8 Å². The van der Waals surface area contributed by atoms with E-state index in [0.717, 1.165) is 24.3 Å². The maximum atomic E-state index is 15.0. The predicted molar refractivity (Wildman–Crippen MR) is 111 cm³/mol. The van der Waals surface area contributed by atoms with E-state index >= 15 is 4.39 Å². The van der Waals surface area contributed by atoms with Crippen molar-refractivity contribution in [2.45, 2.75) is 38.3 Å². The minimum Gasteiger partial charge on any atom is -0.479 e. The number of hydrogen-bond acceptors (Lipinski definition) is 3. The molecule has 152 valence electrons. The van der Waals surface area contributed by atoms with E-state index in [1.54, 1.807) is 24.3 Å². The minimum atomic E-state index is -2.38. The van der Waals surface area contributed by atoms with Gasteiger partial charge in [0.25, 0.3) is 5.91 Å². The predicted octanol–water partition coefficient (Wildman–Crippen LogP) is 3.98. The van der Waals surface area contributed by atoms with Crippen molar-refractivity contribution in [2.24, 2.45) is 0 Å². The number of fused-ring (bicyclic) bond motifs is 1. The summed E-state index contributed by atoms with van der Waals surface area (Å²) >= 11 is 0. The molecule has 1 fully saturated rings. The number of para-hydroxylation sites is 1. The van der Waals surface area contributed by atoms with Crippen molar-refractivity contribution >= 4 is 23.3 Å².